The van der Waals surface area contributed by atoms with E-state index in [1.54, 1.807) is 12.1 Å². The zero-order valence-corrected chi connectivity index (χ0v) is 17.4. The summed E-state index contributed by atoms with van der Waals surface area (Å²) in [5.41, 5.74) is 0.441. The summed E-state index contributed by atoms with van der Waals surface area (Å²) in [6.07, 6.45) is 3.85. The van der Waals surface area contributed by atoms with Gasteiger partial charge in [-0.3, -0.25) is 14.7 Å². The molecule has 2 aromatic carbocycles. The maximum atomic E-state index is 13.6. The Labute approximate surface area is 183 Å². The van der Waals surface area contributed by atoms with Crippen LogP contribution >= 0.6 is 0 Å². The Morgan fingerprint density at radius 3 is 2.56 bits per heavy atom. The summed E-state index contributed by atoms with van der Waals surface area (Å²) in [4.78, 5) is 21.6. The fourth-order valence-corrected chi connectivity index (χ4v) is 3.63. The number of aromatic nitrogens is 1. The van der Waals surface area contributed by atoms with Crippen LogP contribution in [0.4, 0.5) is 14.5 Å². The van der Waals surface area contributed by atoms with Crippen molar-refractivity contribution in [2.24, 2.45) is 15.9 Å². The quantitative estimate of drug-likeness (QED) is 0.335. The number of aromatic amines is 1. The number of ether oxygens (including phenoxy) is 1. The molecule has 0 radical (unpaired) electrons. The van der Waals surface area contributed by atoms with E-state index in [4.69, 9.17) is 10.6 Å². The molecule has 3 aromatic rings. The number of nitrogens with zero attached hydrogens (tertiary/aromatic N) is 3. The van der Waals surface area contributed by atoms with Gasteiger partial charge in [-0.25, -0.2) is 8.78 Å². The predicted molar refractivity (Wildman–Crippen MR) is 121 cm³/mol. The summed E-state index contributed by atoms with van der Waals surface area (Å²) in [7, 11) is 0. The minimum Gasteiger partial charge on any atom is -0.492 e. The highest BCUT2D eigenvalue weighted by atomic mass is 19.2. The molecule has 7 nitrogen and oxygen atoms in total. The number of likely N-dealkylation sites (tertiary alicyclic amines) is 1. The molecule has 0 aliphatic carbocycles. The van der Waals surface area contributed by atoms with Crippen molar-refractivity contribution in [1.82, 2.24) is 9.88 Å². The zero-order valence-electron chi connectivity index (χ0n) is 17.4. The van der Waals surface area contributed by atoms with Gasteiger partial charge in [0.2, 0.25) is 0 Å². The fraction of sp³-hybridized carbons (Fsp3) is 0.261. The average molecular weight is 439 g/mol. The lowest BCUT2D eigenvalue weighted by Gasteiger charge is -2.14. The fourth-order valence-electron chi connectivity index (χ4n) is 3.63. The maximum Gasteiger partial charge on any atom is 0.258 e. The van der Waals surface area contributed by atoms with Crippen molar-refractivity contribution in [3.8, 4) is 5.75 Å². The van der Waals surface area contributed by atoms with E-state index in [1.807, 2.05) is 12.1 Å². The van der Waals surface area contributed by atoms with Crippen molar-refractivity contribution < 1.29 is 13.5 Å². The van der Waals surface area contributed by atoms with Gasteiger partial charge in [0.05, 0.1) is 23.0 Å². The maximum absolute atomic E-state index is 13.6. The molecule has 4 rings (SSSR count). The van der Waals surface area contributed by atoms with E-state index in [1.165, 1.54) is 25.1 Å². The number of fused-ring (bicyclic) bond motifs is 1. The summed E-state index contributed by atoms with van der Waals surface area (Å²) in [6.45, 7) is 3.80. The third kappa shape index (κ3) is 5.00. The van der Waals surface area contributed by atoms with Crippen LogP contribution in [0.3, 0.4) is 0 Å². The van der Waals surface area contributed by atoms with E-state index in [0.717, 1.165) is 37.5 Å². The van der Waals surface area contributed by atoms with Crippen LogP contribution in [0.15, 0.2) is 57.4 Å². The molecule has 9 heteroatoms. The summed E-state index contributed by atoms with van der Waals surface area (Å²) in [6, 6.07) is 10.5. The summed E-state index contributed by atoms with van der Waals surface area (Å²) in [5.74, 6) is 4.14. The molecular weight excluding hydrogens is 416 g/mol. The van der Waals surface area contributed by atoms with Crippen LogP contribution in [0.1, 0.15) is 18.4 Å². The Morgan fingerprint density at radius 2 is 1.84 bits per heavy atom. The molecule has 0 amide bonds. The third-order valence-corrected chi connectivity index (χ3v) is 5.35. The van der Waals surface area contributed by atoms with Crippen LogP contribution < -0.4 is 16.1 Å². The first-order valence-electron chi connectivity index (χ1n) is 10.3. The Morgan fingerprint density at radius 1 is 1.12 bits per heavy atom. The second kappa shape index (κ2) is 9.69. The van der Waals surface area contributed by atoms with E-state index in [2.05, 4.69) is 20.0 Å². The molecule has 0 spiro atoms. The van der Waals surface area contributed by atoms with Crippen LogP contribution in [0.2, 0.25) is 0 Å². The van der Waals surface area contributed by atoms with Gasteiger partial charge in [-0.05, 0) is 62.3 Å². The largest absolute Gasteiger partial charge is 0.492 e. The highest BCUT2D eigenvalue weighted by Gasteiger charge is 2.12. The molecule has 0 atom stereocenters. The molecule has 0 bridgehead atoms. The molecule has 0 unspecified atom stereocenters. The summed E-state index contributed by atoms with van der Waals surface area (Å²) < 4.78 is 32.7. The number of halogens is 2. The van der Waals surface area contributed by atoms with Crippen LogP contribution in [0.25, 0.3) is 10.9 Å². The summed E-state index contributed by atoms with van der Waals surface area (Å²) in [5, 5.41) is 3.94. The van der Waals surface area contributed by atoms with Crippen molar-refractivity contribution >= 4 is 28.5 Å². The van der Waals surface area contributed by atoms with E-state index >= 15 is 0 Å². The Bertz CT molecular complexity index is 1220. The lowest BCUT2D eigenvalue weighted by Crippen LogP contribution is -2.25. The first-order valence-corrected chi connectivity index (χ1v) is 10.3. The van der Waals surface area contributed by atoms with Gasteiger partial charge >= 0.3 is 0 Å². The first-order chi connectivity index (χ1) is 15.5. The zero-order chi connectivity index (χ0) is 22.5. The smallest absolute Gasteiger partial charge is 0.258 e. The van der Waals surface area contributed by atoms with Gasteiger partial charge in [-0.2, -0.15) is 5.10 Å². The number of hydrazone groups is 1. The molecule has 0 saturated carbocycles. The Kier molecular flexibility index (Phi) is 6.55. The first kappa shape index (κ1) is 21.6. The SMILES string of the molecule is NN=C(C=Nc1ccc(OCCN2CCCC2)cc1)c1cc2cc(F)c(F)cc2[nH]c1=O. The molecule has 1 saturated heterocycles. The second-order valence-electron chi connectivity index (χ2n) is 7.53. The minimum atomic E-state index is -1.04. The van der Waals surface area contributed by atoms with Gasteiger partial charge in [0.25, 0.3) is 5.56 Å². The van der Waals surface area contributed by atoms with E-state index in [9.17, 15) is 13.6 Å². The molecule has 166 valence electrons. The van der Waals surface area contributed by atoms with Crippen molar-refractivity contribution in [3.05, 3.63) is 70.0 Å². The predicted octanol–water partition coefficient (Wildman–Crippen LogP) is 3.35. The van der Waals surface area contributed by atoms with E-state index in [0.29, 0.717) is 17.7 Å². The molecule has 3 N–H and O–H groups in total. The Hall–Kier alpha value is -3.59. The van der Waals surface area contributed by atoms with Gasteiger partial charge in [0, 0.05) is 18.0 Å². The topological polar surface area (TPSA) is 96.1 Å². The number of pyridine rings is 1. The van der Waals surface area contributed by atoms with Gasteiger partial charge in [0.1, 0.15) is 18.1 Å². The van der Waals surface area contributed by atoms with Crippen molar-refractivity contribution in [2.45, 2.75) is 12.8 Å². The minimum absolute atomic E-state index is 0.0941. The van der Waals surface area contributed by atoms with Crippen molar-refractivity contribution in [3.63, 3.8) is 0 Å². The van der Waals surface area contributed by atoms with Gasteiger partial charge < -0.3 is 15.6 Å². The van der Waals surface area contributed by atoms with Gasteiger partial charge in [0.15, 0.2) is 11.6 Å². The molecule has 1 fully saturated rings. The van der Waals surface area contributed by atoms with E-state index in [-0.39, 0.29) is 16.8 Å². The number of hydrogen-bond donors (Lipinski definition) is 2. The third-order valence-electron chi connectivity index (χ3n) is 5.35. The number of aliphatic imine (C=N–C) groups is 1. The molecule has 2 heterocycles. The lowest BCUT2D eigenvalue weighted by molar-refractivity contribution is 0.238. The lowest BCUT2D eigenvalue weighted by atomic mass is 10.1. The Balaban J connectivity index is 1.45. The molecular formula is C23H23F2N5O2. The number of hydrogen-bond acceptors (Lipinski definition) is 6. The number of benzene rings is 2. The monoisotopic (exact) mass is 439 g/mol. The van der Waals surface area contributed by atoms with Crippen LogP contribution in [-0.4, -0.2) is 48.1 Å². The second-order valence-corrected chi connectivity index (χ2v) is 7.53. The van der Waals surface area contributed by atoms with Gasteiger partial charge in [-0.15, -0.1) is 0 Å². The van der Waals surface area contributed by atoms with Crippen molar-refractivity contribution in [1.29, 1.82) is 0 Å². The molecule has 1 aliphatic rings. The molecule has 1 aromatic heterocycles. The number of H-pyrrole nitrogens is 1. The summed E-state index contributed by atoms with van der Waals surface area (Å²) >= 11 is 0. The van der Waals surface area contributed by atoms with E-state index < -0.39 is 17.2 Å². The van der Waals surface area contributed by atoms with Crippen molar-refractivity contribution in [2.75, 3.05) is 26.2 Å². The van der Waals surface area contributed by atoms with Crippen LogP contribution in [0.5, 0.6) is 5.75 Å². The molecule has 1 aliphatic heterocycles. The number of nitrogens with one attached hydrogen (secondary N) is 1. The van der Waals surface area contributed by atoms with Crippen LogP contribution in [0, 0.1) is 11.6 Å². The average Bonchev–Trinajstić information content (AvgIpc) is 3.30. The number of rotatable bonds is 7. The number of nitrogens with two attached hydrogens (primary N) is 1. The normalized spacial score (nSPS) is 15.1. The highest BCUT2D eigenvalue weighted by Crippen LogP contribution is 2.19. The van der Waals surface area contributed by atoms with Gasteiger partial charge in [-0.1, -0.05) is 0 Å². The van der Waals surface area contributed by atoms with Crippen LogP contribution in [-0.2, 0) is 0 Å². The standard InChI is InChI=1S/C23H23F2N5O2/c24-19-12-15-11-18(23(31)28-21(15)13-20(19)25)22(29-26)14-27-16-3-5-17(6-4-16)32-10-9-30-7-1-2-8-30/h3-6,11-14H,1-2,7-10,26H2,(H,28,31). The highest BCUT2D eigenvalue weighted by molar-refractivity contribution is 6.38. The molecule has 32 heavy (non-hydrogen) atoms.